The minimum absolute atomic E-state index is 0.136. The largest absolute Gasteiger partial charge is 0.444 e. The Labute approximate surface area is 149 Å². The molecule has 5 heteroatoms. The maximum atomic E-state index is 13.8. The fraction of sp³-hybridized carbons (Fsp3) is 0.650. The first-order valence-corrected chi connectivity index (χ1v) is 9.23. The van der Waals surface area contributed by atoms with Crippen LogP contribution in [0.4, 0.5) is 9.18 Å². The summed E-state index contributed by atoms with van der Waals surface area (Å²) in [6.45, 7) is 8.92. The molecule has 1 aromatic rings. The molecule has 0 saturated carbocycles. The van der Waals surface area contributed by atoms with E-state index >= 15 is 0 Å². The molecule has 0 aromatic heterocycles. The van der Waals surface area contributed by atoms with Crippen molar-refractivity contribution in [3.05, 3.63) is 35.6 Å². The minimum Gasteiger partial charge on any atom is -0.444 e. The van der Waals surface area contributed by atoms with E-state index in [9.17, 15) is 9.18 Å². The summed E-state index contributed by atoms with van der Waals surface area (Å²) in [5.41, 5.74) is 0.627. The lowest BCUT2D eigenvalue weighted by Gasteiger charge is -2.50. The van der Waals surface area contributed by atoms with Crippen molar-refractivity contribution in [3.8, 4) is 0 Å². The molecule has 0 bridgehead atoms. The SMILES string of the molecule is CC(C)(C)OC(=O)N1CCC2(CCNCC2)C(c2cccc(F)c2)C1. The van der Waals surface area contributed by atoms with Gasteiger partial charge in [0.1, 0.15) is 11.4 Å². The monoisotopic (exact) mass is 348 g/mol. The predicted octanol–water partition coefficient (Wildman–Crippen LogP) is 3.92. The third-order valence-corrected chi connectivity index (χ3v) is 5.52. The van der Waals surface area contributed by atoms with Crippen molar-refractivity contribution < 1.29 is 13.9 Å². The number of hydrogen-bond donors (Lipinski definition) is 1. The van der Waals surface area contributed by atoms with E-state index in [4.69, 9.17) is 4.74 Å². The molecule has 3 rings (SSSR count). The van der Waals surface area contributed by atoms with Crippen LogP contribution in [0.1, 0.15) is 51.5 Å². The Hall–Kier alpha value is -1.62. The van der Waals surface area contributed by atoms with Crippen LogP contribution < -0.4 is 5.32 Å². The molecule has 138 valence electrons. The summed E-state index contributed by atoms with van der Waals surface area (Å²) in [6, 6.07) is 6.88. The number of nitrogens with zero attached hydrogens (tertiary/aromatic N) is 1. The van der Waals surface area contributed by atoms with Crippen LogP contribution in [-0.2, 0) is 4.74 Å². The molecule has 2 aliphatic heterocycles. The van der Waals surface area contributed by atoms with Gasteiger partial charge in [-0.1, -0.05) is 12.1 Å². The molecule has 1 amide bonds. The number of nitrogens with one attached hydrogen (secondary N) is 1. The van der Waals surface area contributed by atoms with E-state index in [2.05, 4.69) is 5.32 Å². The number of hydrogen-bond acceptors (Lipinski definition) is 3. The Morgan fingerprint density at radius 1 is 1.28 bits per heavy atom. The Morgan fingerprint density at radius 2 is 2.00 bits per heavy atom. The van der Waals surface area contributed by atoms with Gasteiger partial charge in [-0.25, -0.2) is 9.18 Å². The summed E-state index contributed by atoms with van der Waals surface area (Å²) in [7, 11) is 0. The number of halogens is 1. The Balaban J connectivity index is 1.85. The third-order valence-electron chi connectivity index (χ3n) is 5.52. The van der Waals surface area contributed by atoms with Gasteiger partial charge in [0, 0.05) is 19.0 Å². The van der Waals surface area contributed by atoms with Crippen LogP contribution in [0.25, 0.3) is 0 Å². The Bertz CT molecular complexity index is 620. The zero-order chi connectivity index (χ0) is 18.1. The van der Waals surface area contributed by atoms with Crippen molar-refractivity contribution in [2.45, 2.75) is 51.6 Å². The van der Waals surface area contributed by atoms with Crippen molar-refractivity contribution in [2.24, 2.45) is 5.41 Å². The van der Waals surface area contributed by atoms with Gasteiger partial charge in [0.2, 0.25) is 0 Å². The van der Waals surface area contributed by atoms with Crippen LogP contribution in [0.3, 0.4) is 0 Å². The average molecular weight is 348 g/mol. The summed E-state index contributed by atoms with van der Waals surface area (Å²) < 4.78 is 19.4. The van der Waals surface area contributed by atoms with Gasteiger partial charge in [0.15, 0.2) is 0 Å². The molecule has 0 aliphatic carbocycles. The highest BCUT2D eigenvalue weighted by Gasteiger charge is 2.45. The van der Waals surface area contributed by atoms with E-state index in [1.165, 1.54) is 6.07 Å². The molecule has 1 aromatic carbocycles. The summed E-state index contributed by atoms with van der Waals surface area (Å²) in [6.07, 6.45) is 2.81. The van der Waals surface area contributed by atoms with Gasteiger partial charge in [0.05, 0.1) is 0 Å². The molecule has 1 atom stereocenters. The lowest BCUT2D eigenvalue weighted by molar-refractivity contribution is -0.00241. The number of carbonyl (C=O) groups excluding carboxylic acids is 1. The van der Waals surface area contributed by atoms with Crippen LogP contribution in [0.5, 0.6) is 0 Å². The number of carbonyl (C=O) groups is 1. The van der Waals surface area contributed by atoms with Gasteiger partial charge >= 0.3 is 6.09 Å². The van der Waals surface area contributed by atoms with Crippen LogP contribution >= 0.6 is 0 Å². The van der Waals surface area contributed by atoms with Crippen molar-refractivity contribution in [3.63, 3.8) is 0 Å². The average Bonchev–Trinajstić information content (AvgIpc) is 2.54. The zero-order valence-corrected chi connectivity index (χ0v) is 15.5. The molecule has 4 nitrogen and oxygen atoms in total. The first kappa shape index (κ1) is 18.2. The molecule has 2 heterocycles. The Kier molecular flexibility index (Phi) is 5.05. The maximum absolute atomic E-state index is 13.8. The first-order chi connectivity index (χ1) is 11.8. The van der Waals surface area contributed by atoms with Gasteiger partial charge in [-0.15, -0.1) is 0 Å². The summed E-state index contributed by atoms with van der Waals surface area (Å²) in [5, 5.41) is 3.43. The predicted molar refractivity (Wildman–Crippen MR) is 96.1 cm³/mol. The molecule has 2 fully saturated rings. The first-order valence-electron chi connectivity index (χ1n) is 9.23. The fourth-order valence-electron chi connectivity index (χ4n) is 4.23. The van der Waals surface area contributed by atoms with Gasteiger partial charge in [-0.05, 0) is 76.2 Å². The smallest absolute Gasteiger partial charge is 0.410 e. The molecular weight excluding hydrogens is 319 g/mol. The number of ether oxygens (including phenoxy) is 1. The van der Waals surface area contributed by atoms with E-state index in [0.29, 0.717) is 13.1 Å². The highest BCUT2D eigenvalue weighted by molar-refractivity contribution is 5.68. The van der Waals surface area contributed by atoms with Gasteiger partial charge < -0.3 is 15.0 Å². The quantitative estimate of drug-likeness (QED) is 0.836. The van der Waals surface area contributed by atoms with Crippen molar-refractivity contribution in [1.82, 2.24) is 10.2 Å². The second-order valence-electron chi connectivity index (χ2n) is 8.40. The maximum Gasteiger partial charge on any atom is 0.410 e. The number of piperidine rings is 2. The molecule has 1 N–H and O–H groups in total. The highest BCUT2D eigenvalue weighted by Crippen LogP contribution is 2.49. The number of amides is 1. The third kappa shape index (κ3) is 4.14. The second-order valence-corrected chi connectivity index (χ2v) is 8.40. The van der Waals surface area contributed by atoms with Gasteiger partial charge in [-0.3, -0.25) is 0 Å². The molecule has 0 radical (unpaired) electrons. The fourth-order valence-corrected chi connectivity index (χ4v) is 4.23. The normalized spacial score (nSPS) is 23.5. The molecule has 2 aliphatic rings. The van der Waals surface area contributed by atoms with E-state index in [1.54, 1.807) is 17.0 Å². The van der Waals surface area contributed by atoms with Crippen LogP contribution in [0, 0.1) is 11.2 Å². The number of rotatable bonds is 1. The molecule has 2 saturated heterocycles. The van der Waals surface area contributed by atoms with Crippen molar-refractivity contribution >= 4 is 6.09 Å². The number of benzene rings is 1. The topological polar surface area (TPSA) is 41.6 Å². The van der Waals surface area contributed by atoms with E-state index < -0.39 is 5.60 Å². The summed E-state index contributed by atoms with van der Waals surface area (Å²) in [5.74, 6) is -0.0671. The summed E-state index contributed by atoms with van der Waals surface area (Å²) >= 11 is 0. The zero-order valence-electron chi connectivity index (χ0n) is 15.5. The van der Waals surface area contributed by atoms with E-state index in [-0.39, 0.29) is 23.2 Å². The summed E-state index contributed by atoms with van der Waals surface area (Å²) in [4.78, 5) is 14.3. The number of likely N-dealkylation sites (tertiary alicyclic amines) is 1. The van der Waals surface area contributed by atoms with Crippen LogP contribution in [0.15, 0.2) is 24.3 Å². The molecule has 1 unspecified atom stereocenters. The van der Waals surface area contributed by atoms with Crippen LogP contribution in [0.2, 0.25) is 0 Å². The Morgan fingerprint density at radius 3 is 2.64 bits per heavy atom. The van der Waals surface area contributed by atoms with Crippen molar-refractivity contribution in [1.29, 1.82) is 0 Å². The lowest BCUT2D eigenvalue weighted by Crippen LogP contribution is -2.52. The van der Waals surface area contributed by atoms with Crippen molar-refractivity contribution in [2.75, 3.05) is 26.2 Å². The molecule has 25 heavy (non-hydrogen) atoms. The highest BCUT2D eigenvalue weighted by atomic mass is 19.1. The minimum atomic E-state index is -0.505. The van der Waals surface area contributed by atoms with Crippen LogP contribution in [-0.4, -0.2) is 42.8 Å². The molecule has 1 spiro atoms. The standard InChI is InChI=1S/C20H29FN2O2/c1-19(2,3)25-18(24)23-12-9-20(7-10-22-11-8-20)17(14-23)15-5-4-6-16(21)13-15/h4-6,13,17,22H,7-12,14H2,1-3H3. The van der Waals surface area contributed by atoms with E-state index in [0.717, 1.165) is 37.9 Å². The van der Waals surface area contributed by atoms with Gasteiger partial charge in [0.25, 0.3) is 0 Å². The second kappa shape index (κ2) is 6.94. The molecular formula is C20H29FN2O2. The van der Waals surface area contributed by atoms with E-state index in [1.807, 2.05) is 26.8 Å². The van der Waals surface area contributed by atoms with Gasteiger partial charge in [-0.2, -0.15) is 0 Å². The lowest BCUT2D eigenvalue weighted by atomic mass is 9.62.